The molecule has 4 rings (SSSR count). The zero-order chi connectivity index (χ0) is 22.1. The van der Waals surface area contributed by atoms with Gasteiger partial charge in [-0.2, -0.15) is 5.10 Å². The second-order valence-corrected chi connectivity index (χ2v) is 7.57. The van der Waals surface area contributed by atoms with E-state index in [2.05, 4.69) is 10.4 Å². The minimum absolute atomic E-state index is 0.292. The van der Waals surface area contributed by atoms with Gasteiger partial charge >= 0.3 is 0 Å². The Morgan fingerprint density at radius 1 is 1.10 bits per heavy atom. The van der Waals surface area contributed by atoms with Gasteiger partial charge in [0.1, 0.15) is 23.1 Å². The van der Waals surface area contributed by atoms with Crippen LogP contribution >= 0.6 is 0 Å². The van der Waals surface area contributed by atoms with Gasteiger partial charge in [0.05, 0.1) is 17.8 Å². The molecule has 0 saturated heterocycles. The molecular formula is C24H26N4O3. The van der Waals surface area contributed by atoms with Crippen molar-refractivity contribution in [2.75, 3.05) is 11.9 Å². The second-order valence-electron chi connectivity index (χ2n) is 7.57. The summed E-state index contributed by atoms with van der Waals surface area (Å²) in [4.78, 5) is 26.5. The molecule has 7 nitrogen and oxygen atoms in total. The van der Waals surface area contributed by atoms with E-state index in [1.54, 1.807) is 12.1 Å². The highest BCUT2D eigenvalue weighted by molar-refractivity contribution is 5.95. The van der Waals surface area contributed by atoms with E-state index in [1.165, 1.54) is 4.68 Å². The lowest BCUT2D eigenvalue weighted by atomic mass is 10.2. The van der Waals surface area contributed by atoms with E-state index in [0.29, 0.717) is 35.8 Å². The predicted molar refractivity (Wildman–Crippen MR) is 122 cm³/mol. The minimum Gasteiger partial charge on any atom is -0.492 e. The van der Waals surface area contributed by atoms with Gasteiger partial charge in [-0.05, 0) is 57.5 Å². The van der Waals surface area contributed by atoms with Crippen LogP contribution in [0.15, 0.2) is 53.3 Å². The summed E-state index contributed by atoms with van der Waals surface area (Å²) in [6.45, 7) is 8.10. The van der Waals surface area contributed by atoms with Crippen LogP contribution in [-0.2, 0) is 4.79 Å². The zero-order valence-electron chi connectivity index (χ0n) is 18.2. The van der Waals surface area contributed by atoms with Crippen LogP contribution in [0.2, 0.25) is 0 Å². The summed E-state index contributed by atoms with van der Waals surface area (Å²) in [6.07, 6.45) is 0.421. The molecule has 0 aliphatic heterocycles. The van der Waals surface area contributed by atoms with E-state index >= 15 is 0 Å². The van der Waals surface area contributed by atoms with E-state index in [0.717, 1.165) is 16.5 Å². The number of hydrogen-bond acceptors (Lipinski definition) is 4. The molecule has 0 spiro atoms. The van der Waals surface area contributed by atoms with Gasteiger partial charge in [0, 0.05) is 5.39 Å². The fraction of sp³-hybridized carbons (Fsp3) is 0.292. The van der Waals surface area contributed by atoms with Gasteiger partial charge in [-0.3, -0.25) is 14.0 Å². The number of nitrogens with one attached hydrogen (secondary N) is 1. The maximum atomic E-state index is 13.3. The lowest BCUT2D eigenvalue weighted by Gasteiger charge is -2.19. The molecule has 0 aliphatic carbocycles. The van der Waals surface area contributed by atoms with Crippen molar-refractivity contribution in [2.45, 2.75) is 40.2 Å². The lowest BCUT2D eigenvalue weighted by Crippen LogP contribution is -2.36. The maximum Gasteiger partial charge on any atom is 0.291 e. The molecule has 0 fully saturated rings. The number of anilines is 1. The second kappa shape index (κ2) is 8.26. The number of amides is 1. The van der Waals surface area contributed by atoms with E-state index in [4.69, 9.17) is 4.74 Å². The molecule has 4 aromatic rings. The summed E-state index contributed by atoms with van der Waals surface area (Å²) in [5, 5.41) is 8.39. The Morgan fingerprint density at radius 3 is 2.61 bits per heavy atom. The van der Waals surface area contributed by atoms with Crippen molar-refractivity contribution in [3.63, 3.8) is 0 Å². The highest BCUT2D eigenvalue weighted by Gasteiger charge is 2.24. The van der Waals surface area contributed by atoms with Gasteiger partial charge in [-0.1, -0.05) is 30.7 Å². The molecule has 0 aliphatic rings. The molecule has 0 unspecified atom stereocenters. The van der Waals surface area contributed by atoms with E-state index in [1.807, 2.05) is 68.5 Å². The molecule has 2 heterocycles. The van der Waals surface area contributed by atoms with Gasteiger partial charge in [-0.15, -0.1) is 0 Å². The third-order valence-corrected chi connectivity index (χ3v) is 5.39. The van der Waals surface area contributed by atoms with E-state index < -0.39 is 6.04 Å². The smallest absolute Gasteiger partial charge is 0.291 e. The highest BCUT2D eigenvalue weighted by atomic mass is 16.5. The molecule has 160 valence electrons. The Labute approximate surface area is 180 Å². The summed E-state index contributed by atoms with van der Waals surface area (Å²) < 4.78 is 8.75. The van der Waals surface area contributed by atoms with Crippen LogP contribution in [0.1, 0.15) is 37.7 Å². The predicted octanol–water partition coefficient (Wildman–Crippen LogP) is 4.25. The Balaban J connectivity index is 1.77. The number of carbonyl (C=O) groups excluding carboxylic acids is 1. The molecule has 1 N–H and O–H groups in total. The first-order chi connectivity index (χ1) is 14.9. The molecule has 0 bridgehead atoms. The molecular weight excluding hydrogens is 392 g/mol. The molecule has 31 heavy (non-hydrogen) atoms. The number of aromatic nitrogens is 3. The Kier molecular flexibility index (Phi) is 5.50. The average molecular weight is 418 g/mol. The Morgan fingerprint density at radius 2 is 1.87 bits per heavy atom. The summed E-state index contributed by atoms with van der Waals surface area (Å²) in [6, 6.07) is 14.4. The topological polar surface area (TPSA) is 77.6 Å². The number of ether oxygens (including phenoxy) is 1. The number of rotatable bonds is 6. The number of fused-ring (bicyclic) bond motifs is 3. The maximum absolute atomic E-state index is 13.3. The van der Waals surface area contributed by atoms with Crippen molar-refractivity contribution in [1.29, 1.82) is 0 Å². The van der Waals surface area contributed by atoms with Crippen molar-refractivity contribution >= 4 is 28.0 Å². The largest absolute Gasteiger partial charge is 0.492 e. The van der Waals surface area contributed by atoms with Gasteiger partial charge in [0.25, 0.3) is 5.56 Å². The van der Waals surface area contributed by atoms with Crippen molar-refractivity contribution in [2.24, 2.45) is 0 Å². The normalized spacial score (nSPS) is 12.3. The van der Waals surface area contributed by atoms with E-state index in [9.17, 15) is 9.59 Å². The quantitative estimate of drug-likeness (QED) is 0.508. The van der Waals surface area contributed by atoms with E-state index in [-0.39, 0.29) is 11.5 Å². The third kappa shape index (κ3) is 3.67. The molecule has 1 atom stereocenters. The molecule has 0 radical (unpaired) electrons. The lowest BCUT2D eigenvalue weighted by molar-refractivity contribution is -0.119. The molecule has 7 heteroatoms. The summed E-state index contributed by atoms with van der Waals surface area (Å²) >= 11 is 0. The van der Waals surface area contributed by atoms with Crippen LogP contribution in [0.4, 0.5) is 5.69 Å². The first-order valence-corrected chi connectivity index (χ1v) is 10.5. The highest BCUT2D eigenvalue weighted by Crippen LogP contribution is 2.26. The number of carbonyl (C=O) groups is 1. The van der Waals surface area contributed by atoms with Crippen molar-refractivity contribution in [1.82, 2.24) is 14.2 Å². The van der Waals surface area contributed by atoms with Crippen LogP contribution in [0.25, 0.3) is 16.4 Å². The van der Waals surface area contributed by atoms with Crippen molar-refractivity contribution < 1.29 is 9.53 Å². The first-order valence-electron chi connectivity index (χ1n) is 10.5. The molecule has 1 amide bonds. The fourth-order valence-corrected chi connectivity index (χ4v) is 3.95. The monoisotopic (exact) mass is 418 g/mol. The molecule has 2 aromatic carbocycles. The number of nitrogens with zero attached hydrogens (tertiary/aromatic N) is 3. The number of para-hydroxylation sites is 2. The summed E-state index contributed by atoms with van der Waals surface area (Å²) in [7, 11) is 0. The Hall–Kier alpha value is -3.61. The van der Waals surface area contributed by atoms with Crippen LogP contribution in [0.5, 0.6) is 5.75 Å². The third-order valence-electron chi connectivity index (χ3n) is 5.39. The minimum atomic E-state index is -0.745. The number of hydrogen-bond donors (Lipinski definition) is 1. The summed E-state index contributed by atoms with van der Waals surface area (Å²) in [5.74, 6) is 0.933. The van der Waals surface area contributed by atoms with Crippen LogP contribution in [-0.4, -0.2) is 26.7 Å². The van der Waals surface area contributed by atoms with Gasteiger partial charge in [0.2, 0.25) is 5.91 Å². The van der Waals surface area contributed by atoms with Gasteiger partial charge < -0.3 is 10.1 Å². The standard InChI is InChI=1S/C24H26N4O3/c1-5-19(23(29)25-18-9-7-8-10-22(18)31-6-2)28-24(30)21-14-17-13-15(3)11-12-20(17)27(21)16(4)26-28/h7-14,19H,5-6H2,1-4H3,(H,25,29)/t19-/m1/s1. The number of aryl methyl sites for hydroxylation is 2. The first kappa shape index (κ1) is 20.7. The number of benzene rings is 2. The SMILES string of the molecule is CCOc1ccccc1NC(=O)[C@@H](CC)n1nc(C)n2c(cc3cc(C)ccc32)c1=O. The Bertz CT molecular complexity index is 1340. The van der Waals surface area contributed by atoms with Crippen LogP contribution < -0.4 is 15.6 Å². The molecule has 0 saturated carbocycles. The fourth-order valence-electron chi connectivity index (χ4n) is 3.95. The summed E-state index contributed by atoms with van der Waals surface area (Å²) in [5.41, 5.74) is 2.84. The van der Waals surface area contributed by atoms with Crippen LogP contribution in [0.3, 0.4) is 0 Å². The van der Waals surface area contributed by atoms with Gasteiger partial charge in [-0.25, -0.2) is 4.68 Å². The van der Waals surface area contributed by atoms with Crippen molar-refractivity contribution in [3.8, 4) is 5.75 Å². The van der Waals surface area contributed by atoms with Crippen molar-refractivity contribution in [3.05, 3.63) is 70.3 Å². The zero-order valence-corrected chi connectivity index (χ0v) is 18.2. The van der Waals surface area contributed by atoms with Crippen LogP contribution in [0, 0.1) is 13.8 Å². The average Bonchev–Trinajstić information content (AvgIpc) is 3.13. The molecule has 2 aromatic heterocycles. The van der Waals surface area contributed by atoms with Gasteiger partial charge in [0.15, 0.2) is 0 Å².